The summed E-state index contributed by atoms with van der Waals surface area (Å²) in [7, 11) is -3.31. The van der Waals surface area contributed by atoms with Crippen molar-refractivity contribution in [3.05, 3.63) is 34.9 Å². The molecule has 0 N–H and O–H groups in total. The van der Waals surface area contributed by atoms with E-state index in [0.717, 1.165) is 19.3 Å². The van der Waals surface area contributed by atoms with Crippen LogP contribution in [0.3, 0.4) is 0 Å². The van der Waals surface area contributed by atoms with Crippen LogP contribution in [0.4, 0.5) is 0 Å². The van der Waals surface area contributed by atoms with Gasteiger partial charge in [0, 0.05) is 5.56 Å². The van der Waals surface area contributed by atoms with Gasteiger partial charge in [-0.05, 0) is 50.3 Å². The van der Waals surface area contributed by atoms with E-state index in [1.165, 1.54) is 11.1 Å². The van der Waals surface area contributed by atoms with Gasteiger partial charge in [0.05, 0.1) is 5.25 Å². The number of Topliss-reactive ketones (excluding diaryl/α,β-unsaturated/α-hetero) is 1. The molecule has 0 aliphatic heterocycles. The number of benzene rings is 1. The van der Waals surface area contributed by atoms with E-state index in [1.54, 1.807) is 19.9 Å². The van der Waals surface area contributed by atoms with Gasteiger partial charge in [-0.2, -0.15) is 0 Å². The Hall–Kier alpha value is -1.16. The van der Waals surface area contributed by atoms with Crippen LogP contribution in [0.15, 0.2) is 18.2 Å². The van der Waals surface area contributed by atoms with E-state index in [1.807, 2.05) is 12.1 Å². The minimum Gasteiger partial charge on any atom is -0.293 e. The van der Waals surface area contributed by atoms with Crippen LogP contribution in [0.1, 0.15) is 41.8 Å². The molecule has 0 spiro atoms. The second-order valence-corrected chi connectivity index (χ2v) is 7.67. The highest BCUT2D eigenvalue weighted by Crippen LogP contribution is 2.23. The predicted molar refractivity (Wildman–Crippen MR) is 71.7 cm³/mol. The first kappa shape index (κ1) is 13.3. The number of carbonyl (C=O) groups excluding carboxylic acids is 1. The quantitative estimate of drug-likeness (QED) is 0.785. The van der Waals surface area contributed by atoms with Gasteiger partial charge in [-0.1, -0.05) is 12.1 Å². The van der Waals surface area contributed by atoms with Crippen LogP contribution in [0.5, 0.6) is 0 Å². The lowest BCUT2D eigenvalue weighted by Gasteiger charge is -2.08. The summed E-state index contributed by atoms with van der Waals surface area (Å²) in [4.78, 5) is 12.0. The fourth-order valence-corrected chi connectivity index (χ4v) is 3.04. The van der Waals surface area contributed by atoms with E-state index in [9.17, 15) is 13.2 Å². The number of ketones is 1. The van der Waals surface area contributed by atoms with Crippen LogP contribution in [-0.4, -0.2) is 25.2 Å². The normalized spacial score (nSPS) is 14.8. The van der Waals surface area contributed by atoms with Crippen molar-refractivity contribution in [1.29, 1.82) is 0 Å². The Morgan fingerprint density at radius 1 is 1.22 bits per heavy atom. The maximum Gasteiger partial charge on any atom is 0.177 e. The zero-order chi connectivity index (χ0) is 13.3. The summed E-state index contributed by atoms with van der Waals surface area (Å²) in [5.74, 6) is -0.679. The SMILES string of the molecule is CC(C)S(=O)(=O)CC(=O)c1ccc2c(c1)CCC2. The molecular formula is C14H18O3S. The van der Waals surface area contributed by atoms with Gasteiger partial charge in [0.2, 0.25) is 0 Å². The fraction of sp³-hybridized carbons (Fsp3) is 0.500. The van der Waals surface area contributed by atoms with E-state index in [0.29, 0.717) is 5.56 Å². The van der Waals surface area contributed by atoms with E-state index in [4.69, 9.17) is 0 Å². The lowest BCUT2D eigenvalue weighted by atomic mass is 10.0. The van der Waals surface area contributed by atoms with Crippen LogP contribution in [0, 0.1) is 0 Å². The molecule has 0 heterocycles. The monoisotopic (exact) mass is 266 g/mol. The van der Waals surface area contributed by atoms with Crippen molar-refractivity contribution < 1.29 is 13.2 Å². The molecule has 0 aromatic heterocycles. The summed E-state index contributed by atoms with van der Waals surface area (Å²) < 4.78 is 23.5. The molecule has 1 aromatic carbocycles. The number of fused-ring (bicyclic) bond motifs is 1. The van der Waals surface area contributed by atoms with Gasteiger partial charge in [0.15, 0.2) is 15.6 Å². The third kappa shape index (κ3) is 2.64. The fourth-order valence-electron chi connectivity index (χ4n) is 2.18. The van der Waals surface area contributed by atoms with Gasteiger partial charge in [-0.15, -0.1) is 0 Å². The Bertz CT molecular complexity index is 571. The highest BCUT2D eigenvalue weighted by Gasteiger charge is 2.22. The standard InChI is InChI=1S/C14H18O3S/c1-10(2)18(16,17)9-14(15)13-7-6-11-4-3-5-12(11)8-13/h6-8,10H,3-5,9H2,1-2H3. The summed E-state index contributed by atoms with van der Waals surface area (Å²) in [6.45, 7) is 3.20. The molecule has 0 amide bonds. The van der Waals surface area contributed by atoms with E-state index >= 15 is 0 Å². The summed E-state index contributed by atoms with van der Waals surface area (Å²) in [5, 5.41) is -0.504. The molecule has 0 unspecified atom stereocenters. The van der Waals surface area contributed by atoms with E-state index in [-0.39, 0.29) is 11.5 Å². The van der Waals surface area contributed by atoms with Crippen molar-refractivity contribution >= 4 is 15.6 Å². The Kier molecular flexibility index (Phi) is 3.57. The molecule has 4 heteroatoms. The smallest absolute Gasteiger partial charge is 0.177 e. The van der Waals surface area contributed by atoms with Crippen molar-refractivity contribution in [3.63, 3.8) is 0 Å². The Morgan fingerprint density at radius 3 is 2.56 bits per heavy atom. The Balaban J connectivity index is 2.20. The molecule has 3 nitrogen and oxygen atoms in total. The van der Waals surface area contributed by atoms with Gasteiger partial charge in [0.1, 0.15) is 5.75 Å². The first-order valence-electron chi connectivity index (χ1n) is 6.27. The molecule has 98 valence electrons. The molecule has 2 rings (SSSR count). The maximum atomic E-state index is 12.0. The number of sulfone groups is 1. The van der Waals surface area contributed by atoms with Crippen molar-refractivity contribution in [2.45, 2.75) is 38.4 Å². The number of hydrogen-bond donors (Lipinski definition) is 0. The van der Waals surface area contributed by atoms with E-state index < -0.39 is 15.1 Å². The second kappa shape index (κ2) is 4.84. The minimum atomic E-state index is -3.31. The molecule has 0 fully saturated rings. The average molecular weight is 266 g/mol. The second-order valence-electron chi connectivity index (χ2n) is 5.12. The first-order chi connectivity index (χ1) is 8.40. The summed E-state index contributed by atoms with van der Waals surface area (Å²) in [6.07, 6.45) is 3.18. The third-order valence-corrected chi connectivity index (χ3v) is 5.57. The lowest BCUT2D eigenvalue weighted by Crippen LogP contribution is -2.23. The molecule has 1 aromatic rings. The van der Waals surface area contributed by atoms with Gasteiger partial charge in [-0.25, -0.2) is 8.42 Å². The molecular weight excluding hydrogens is 248 g/mol. The number of hydrogen-bond acceptors (Lipinski definition) is 3. The maximum absolute atomic E-state index is 12.0. The van der Waals surface area contributed by atoms with Crippen molar-refractivity contribution in [1.82, 2.24) is 0 Å². The summed E-state index contributed by atoms with van der Waals surface area (Å²) >= 11 is 0. The minimum absolute atomic E-state index is 0.293. The number of carbonyl (C=O) groups is 1. The van der Waals surface area contributed by atoms with Gasteiger partial charge in [-0.3, -0.25) is 4.79 Å². The highest BCUT2D eigenvalue weighted by molar-refractivity contribution is 7.92. The van der Waals surface area contributed by atoms with Gasteiger partial charge >= 0.3 is 0 Å². The Labute approximate surface area is 108 Å². The third-order valence-electron chi connectivity index (χ3n) is 3.47. The number of aryl methyl sites for hydroxylation is 2. The molecule has 0 radical (unpaired) electrons. The van der Waals surface area contributed by atoms with Gasteiger partial charge < -0.3 is 0 Å². The predicted octanol–water partition coefficient (Wildman–Crippen LogP) is 2.18. The van der Waals surface area contributed by atoms with Crippen molar-refractivity contribution in [3.8, 4) is 0 Å². The lowest BCUT2D eigenvalue weighted by molar-refractivity contribution is 0.102. The summed E-state index contributed by atoms with van der Waals surface area (Å²) in [6, 6.07) is 5.57. The topological polar surface area (TPSA) is 51.2 Å². The van der Waals surface area contributed by atoms with Crippen LogP contribution < -0.4 is 0 Å². The molecule has 0 bridgehead atoms. The zero-order valence-corrected chi connectivity index (χ0v) is 11.6. The molecule has 0 atom stereocenters. The molecule has 18 heavy (non-hydrogen) atoms. The molecule has 1 aliphatic rings. The molecule has 1 aliphatic carbocycles. The largest absolute Gasteiger partial charge is 0.293 e. The molecule has 0 saturated carbocycles. The average Bonchev–Trinajstić information content (AvgIpc) is 2.74. The Morgan fingerprint density at radius 2 is 1.89 bits per heavy atom. The van der Waals surface area contributed by atoms with E-state index in [2.05, 4.69) is 0 Å². The van der Waals surface area contributed by atoms with Crippen LogP contribution in [0.25, 0.3) is 0 Å². The first-order valence-corrected chi connectivity index (χ1v) is 7.98. The van der Waals surface area contributed by atoms with Crippen molar-refractivity contribution in [2.24, 2.45) is 0 Å². The van der Waals surface area contributed by atoms with Crippen LogP contribution >= 0.6 is 0 Å². The zero-order valence-electron chi connectivity index (χ0n) is 10.8. The number of rotatable bonds is 4. The van der Waals surface area contributed by atoms with Crippen LogP contribution in [-0.2, 0) is 22.7 Å². The molecule has 0 saturated heterocycles. The summed E-state index contributed by atoms with van der Waals surface area (Å²) in [5.41, 5.74) is 3.01. The van der Waals surface area contributed by atoms with Crippen LogP contribution in [0.2, 0.25) is 0 Å². The van der Waals surface area contributed by atoms with Gasteiger partial charge in [0.25, 0.3) is 0 Å². The van der Waals surface area contributed by atoms with Crippen molar-refractivity contribution in [2.75, 3.05) is 5.75 Å². The highest BCUT2D eigenvalue weighted by atomic mass is 32.2.